The van der Waals surface area contributed by atoms with Crippen molar-refractivity contribution in [3.63, 3.8) is 0 Å². The van der Waals surface area contributed by atoms with Crippen LogP contribution >= 0.6 is 0 Å². The number of anilines is 1. The molecule has 0 unspecified atom stereocenters. The molecule has 0 bridgehead atoms. The van der Waals surface area contributed by atoms with E-state index in [4.69, 9.17) is 9.84 Å². The smallest absolute Gasteiger partial charge is 0.354 e. The average molecular weight is 197 g/mol. The first-order chi connectivity index (χ1) is 6.77. The number of aromatic carboxylic acids is 1. The first-order valence-corrected chi connectivity index (χ1v) is 4.38. The first-order valence-electron chi connectivity index (χ1n) is 4.38. The molecule has 0 spiro atoms. The monoisotopic (exact) mass is 197 g/mol. The molecular weight excluding hydrogens is 186 g/mol. The van der Waals surface area contributed by atoms with Gasteiger partial charge < -0.3 is 19.7 Å². The van der Waals surface area contributed by atoms with Gasteiger partial charge in [0.1, 0.15) is 5.69 Å². The Morgan fingerprint density at radius 2 is 2.29 bits per heavy atom. The Hall–Kier alpha value is -1.56. The number of aromatic amines is 1. The number of nitrogens with zero attached hydrogens (tertiary/aromatic N) is 2. The van der Waals surface area contributed by atoms with Crippen LogP contribution < -0.4 is 4.90 Å². The molecule has 1 aliphatic rings. The molecule has 0 aliphatic carbocycles. The van der Waals surface area contributed by atoms with Gasteiger partial charge in [0.2, 0.25) is 5.95 Å². The SMILES string of the molecule is O=C(O)c1cnc(N2CCOCC2)[nH]1. The summed E-state index contributed by atoms with van der Waals surface area (Å²) in [6, 6.07) is 0. The van der Waals surface area contributed by atoms with Gasteiger partial charge in [-0.1, -0.05) is 0 Å². The van der Waals surface area contributed by atoms with Crippen LogP contribution in [-0.2, 0) is 4.74 Å². The van der Waals surface area contributed by atoms with Crippen LogP contribution in [0.3, 0.4) is 0 Å². The zero-order valence-corrected chi connectivity index (χ0v) is 7.56. The summed E-state index contributed by atoms with van der Waals surface area (Å²) in [6.45, 7) is 2.80. The zero-order valence-electron chi connectivity index (χ0n) is 7.56. The Kier molecular flexibility index (Phi) is 2.36. The summed E-state index contributed by atoms with van der Waals surface area (Å²) in [5.74, 6) is -0.386. The van der Waals surface area contributed by atoms with Crippen LogP contribution in [0.15, 0.2) is 6.20 Å². The zero-order chi connectivity index (χ0) is 9.97. The lowest BCUT2D eigenvalue weighted by Gasteiger charge is -2.26. The highest BCUT2D eigenvalue weighted by molar-refractivity contribution is 5.85. The number of ether oxygens (including phenoxy) is 1. The topological polar surface area (TPSA) is 78.4 Å². The van der Waals surface area contributed by atoms with Crippen LogP contribution in [0.1, 0.15) is 10.5 Å². The second-order valence-electron chi connectivity index (χ2n) is 3.03. The molecular formula is C8H11N3O3. The van der Waals surface area contributed by atoms with Crippen molar-refractivity contribution in [1.29, 1.82) is 0 Å². The first kappa shape index (κ1) is 9.01. The van der Waals surface area contributed by atoms with E-state index in [2.05, 4.69) is 9.97 Å². The number of hydrogen-bond donors (Lipinski definition) is 2. The Morgan fingerprint density at radius 1 is 1.57 bits per heavy atom. The maximum Gasteiger partial charge on any atom is 0.354 e. The lowest BCUT2D eigenvalue weighted by molar-refractivity contribution is 0.0691. The molecule has 6 nitrogen and oxygen atoms in total. The Balaban J connectivity index is 2.11. The fourth-order valence-corrected chi connectivity index (χ4v) is 1.36. The van der Waals surface area contributed by atoms with Crippen LogP contribution in [0.5, 0.6) is 0 Å². The van der Waals surface area contributed by atoms with Crippen molar-refractivity contribution < 1.29 is 14.6 Å². The molecule has 0 atom stereocenters. The third-order valence-electron chi connectivity index (χ3n) is 2.10. The number of nitrogens with one attached hydrogen (secondary N) is 1. The maximum atomic E-state index is 10.6. The average Bonchev–Trinajstić information content (AvgIpc) is 2.68. The lowest BCUT2D eigenvalue weighted by Crippen LogP contribution is -2.36. The van der Waals surface area contributed by atoms with Crippen LogP contribution in [0.2, 0.25) is 0 Å². The number of H-pyrrole nitrogens is 1. The lowest BCUT2D eigenvalue weighted by atomic mass is 10.4. The minimum Gasteiger partial charge on any atom is -0.477 e. The maximum absolute atomic E-state index is 10.6. The number of morpholine rings is 1. The summed E-state index contributed by atoms with van der Waals surface area (Å²) in [5, 5.41) is 8.68. The van der Waals surface area contributed by atoms with Gasteiger partial charge in [0, 0.05) is 13.1 Å². The number of carboxylic acids is 1. The molecule has 2 rings (SSSR count). The Labute approximate surface area is 80.5 Å². The van der Waals surface area contributed by atoms with E-state index in [0.717, 1.165) is 13.1 Å². The van der Waals surface area contributed by atoms with Crippen LogP contribution in [0.4, 0.5) is 5.95 Å². The van der Waals surface area contributed by atoms with Gasteiger partial charge in [-0.3, -0.25) is 0 Å². The van der Waals surface area contributed by atoms with Gasteiger partial charge >= 0.3 is 5.97 Å². The Bertz CT molecular complexity index is 330. The Morgan fingerprint density at radius 3 is 2.86 bits per heavy atom. The third kappa shape index (κ3) is 1.69. The molecule has 0 saturated carbocycles. The van der Waals surface area contributed by atoms with Crippen molar-refractivity contribution in [3.05, 3.63) is 11.9 Å². The van der Waals surface area contributed by atoms with Gasteiger partial charge in [-0.05, 0) is 0 Å². The molecule has 0 amide bonds. The van der Waals surface area contributed by atoms with E-state index in [-0.39, 0.29) is 5.69 Å². The normalized spacial score (nSPS) is 17.0. The summed E-state index contributed by atoms with van der Waals surface area (Å²) in [4.78, 5) is 19.3. The van der Waals surface area contributed by atoms with Crippen LogP contribution in [-0.4, -0.2) is 47.3 Å². The van der Waals surface area contributed by atoms with Crippen molar-refractivity contribution in [2.24, 2.45) is 0 Å². The molecule has 2 N–H and O–H groups in total. The molecule has 0 radical (unpaired) electrons. The fraction of sp³-hybridized carbons (Fsp3) is 0.500. The molecule has 14 heavy (non-hydrogen) atoms. The molecule has 2 heterocycles. The van der Waals surface area contributed by atoms with Crippen LogP contribution in [0.25, 0.3) is 0 Å². The summed E-state index contributed by atoms with van der Waals surface area (Å²) in [5.41, 5.74) is 0.117. The van der Waals surface area contributed by atoms with Crippen molar-refractivity contribution in [1.82, 2.24) is 9.97 Å². The number of carbonyl (C=O) groups is 1. The molecule has 1 aliphatic heterocycles. The fourth-order valence-electron chi connectivity index (χ4n) is 1.36. The van der Waals surface area contributed by atoms with E-state index in [0.29, 0.717) is 19.2 Å². The summed E-state index contributed by atoms with van der Waals surface area (Å²) < 4.78 is 5.18. The summed E-state index contributed by atoms with van der Waals surface area (Å²) in [6.07, 6.45) is 1.33. The highest BCUT2D eigenvalue weighted by atomic mass is 16.5. The van der Waals surface area contributed by atoms with Gasteiger partial charge in [0.25, 0.3) is 0 Å². The molecule has 1 saturated heterocycles. The van der Waals surface area contributed by atoms with Gasteiger partial charge in [-0.15, -0.1) is 0 Å². The van der Waals surface area contributed by atoms with Gasteiger partial charge in [-0.25, -0.2) is 9.78 Å². The number of aromatic nitrogens is 2. The van der Waals surface area contributed by atoms with Gasteiger partial charge in [0.05, 0.1) is 19.4 Å². The molecule has 1 aromatic rings. The van der Waals surface area contributed by atoms with E-state index in [1.54, 1.807) is 0 Å². The second-order valence-corrected chi connectivity index (χ2v) is 3.03. The highest BCUT2D eigenvalue weighted by Crippen LogP contribution is 2.10. The van der Waals surface area contributed by atoms with E-state index >= 15 is 0 Å². The number of rotatable bonds is 2. The quantitative estimate of drug-likeness (QED) is 0.694. The number of imidazole rings is 1. The van der Waals surface area contributed by atoms with Crippen molar-refractivity contribution in [2.75, 3.05) is 31.2 Å². The number of hydrogen-bond acceptors (Lipinski definition) is 4. The van der Waals surface area contributed by atoms with Crippen molar-refractivity contribution in [3.8, 4) is 0 Å². The van der Waals surface area contributed by atoms with E-state index in [1.807, 2.05) is 4.90 Å². The molecule has 6 heteroatoms. The van der Waals surface area contributed by atoms with E-state index < -0.39 is 5.97 Å². The largest absolute Gasteiger partial charge is 0.477 e. The third-order valence-corrected chi connectivity index (χ3v) is 2.10. The van der Waals surface area contributed by atoms with Gasteiger partial charge in [0.15, 0.2) is 0 Å². The summed E-state index contributed by atoms with van der Waals surface area (Å²) >= 11 is 0. The van der Waals surface area contributed by atoms with Crippen molar-refractivity contribution >= 4 is 11.9 Å². The predicted molar refractivity (Wildman–Crippen MR) is 48.6 cm³/mol. The van der Waals surface area contributed by atoms with Crippen molar-refractivity contribution in [2.45, 2.75) is 0 Å². The minimum atomic E-state index is -0.989. The molecule has 1 aromatic heterocycles. The van der Waals surface area contributed by atoms with Gasteiger partial charge in [-0.2, -0.15) is 0 Å². The minimum absolute atomic E-state index is 0.117. The highest BCUT2D eigenvalue weighted by Gasteiger charge is 2.15. The second kappa shape index (κ2) is 3.67. The predicted octanol–water partition coefficient (Wildman–Crippen LogP) is -0.0555. The molecule has 0 aromatic carbocycles. The number of carboxylic acid groups (broad SMARTS) is 1. The standard InChI is InChI=1S/C8H11N3O3/c12-7(13)6-5-9-8(10-6)11-1-3-14-4-2-11/h5H,1-4H2,(H,9,10)(H,12,13). The van der Waals surface area contributed by atoms with Crippen LogP contribution in [0, 0.1) is 0 Å². The van der Waals surface area contributed by atoms with E-state index in [9.17, 15) is 4.79 Å². The molecule has 76 valence electrons. The molecule has 1 fully saturated rings. The van der Waals surface area contributed by atoms with E-state index in [1.165, 1.54) is 6.20 Å². The summed E-state index contributed by atoms with van der Waals surface area (Å²) in [7, 11) is 0.